The molecule has 5 nitrogen and oxygen atoms in total. The van der Waals surface area contributed by atoms with Gasteiger partial charge in [-0.2, -0.15) is 0 Å². The third kappa shape index (κ3) is 4.69. The normalized spacial score (nSPS) is 26.6. The second kappa shape index (κ2) is 6.83. The van der Waals surface area contributed by atoms with Crippen LogP contribution in [0.3, 0.4) is 0 Å². The summed E-state index contributed by atoms with van der Waals surface area (Å²) < 4.78 is 17.8. The average molecular weight is 377 g/mol. The van der Waals surface area contributed by atoms with Gasteiger partial charge in [0.2, 0.25) is 0 Å². The van der Waals surface area contributed by atoms with Gasteiger partial charge in [0.25, 0.3) is 0 Å². The molecule has 1 fully saturated rings. The van der Waals surface area contributed by atoms with E-state index in [1.165, 1.54) is 0 Å². The van der Waals surface area contributed by atoms with Gasteiger partial charge >= 0.3 is 5.97 Å². The predicted octanol–water partition coefficient (Wildman–Crippen LogP) is 3.68. The molecule has 0 aromatic rings. The smallest absolute Gasteiger partial charge is 0.338 e. The van der Waals surface area contributed by atoms with Crippen LogP contribution in [-0.4, -0.2) is 52.6 Å². The van der Waals surface area contributed by atoms with E-state index in [1.54, 1.807) is 0 Å². The average Bonchev–Trinajstić information content (AvgIpc) is 2.61. The van der Waals surface area contributed by atoms with Gasteiger partial charge in [-0.1, -0.05) is 41.5 Å². The van der Waals surface area contributed by atoms with Crippen molar-refractivity contribution in [3.63, 3.8) is 0 Å². The van der Waals surface area contributed by atoms with Crippen molar-refractivity contribution in [2.75, 3.05) is 6.61 Å². The molecule has 1 heterocycles. The first-order valence-corrected chi connectivity index (χ1v) is 14.5. The van der Waals surface area contributed by atoms with Crippen molar-refractivity contribution in [3.05, 3.63) is 0 Å². The molecule has 0 spiro atoms. The molecule has 0 radical (unpaired) electrons. The third-order valence-corrected chi connectivity index (χ3v) is 14.8. The number of aliphatic hydroxyl groups is 1. The van der Waals surface area contributed by atoms with E-state index >= 15 is 0 Å². The van der Waals surface area contributed by atoms with Crippen molar-refractivity contribution in [1.82, 2.24) is 0 Å². The Morgan fingerprint density at radius 1 is 1.00 bits per heavy atom. The van der Waals surface area contributed by atoms with Crippen LogP contribution in [0.2, 0.25) is 36.3 Å². The van der Waals surface area contributed by atoms with Gasteiger partial charge in [-0.05, 0) is 36.3 Å². The molecule has 0 aliphatic carbocycles. The zero-order valence-corrected chi connectivity index (χ0v) is 19.0. The largest absolute Gasteiger partial charge is 0.455 e. The molecule has 7 heteroatoms. The molecule has 0 saturated carbocycles. The summed E-state index contributed by atoms with van der Waals surface area (Å²) in [5.74, 6) is -0.609. The van der Waals surface area contributed by atoms with Gasteiger partial charge < -0.3 is 18.7 Å². The fourth-order valence-corrected chi connectivity index (χ4v) is 4.25. The van der Waals surface area contributed by atoms with Crippen LogP contribution in [0.25, 0.3) is 0 Å². The summed E-state index contributed by atoms with van der Waals surface area (Å²) in [6.07, 6.45) is -2.42. The Bertz CT molecular complexity index is 463. The van der Waals surface area contributed by atoms with E-state index in [0.717, 1.165) is 0 Å². The van der Waals surface area contributed by atoms with Gasteiger partial charge in [0.15, 0.2) is 28.8 Å². The molecular formula is C17H36O5Si2. The number of cyclic esters (lactones) is 1. The van der Waals surface area contributed by atoms with Crippen LogP contribution in [0.1, 0.15) is 41.5 Å². The summed E-state index contributed by atoms with van der Waals surface area (Å²) in [5.41, 5.74) is 0. The molecule has 1 N–H and O–H groups in total. The van der Waals surface area contributed by atoms with E-state index < -0.39 is 40.9 Å². The minimum Gasteiger partial charge on any atom is -0.455 e. The number of aliphatic hydroxyl groups excluding tert-OH is 1. The number of carbonyl (C=O) groups excluding carboxylic acids is 1. The third-order valence-electron chi connectivity index (χ3n) is 5.84. The van der Waals surface area contributed by atoms with E-state index in [2.05, 4.69) is 67.7 Å². The van der Waals surface area contributed by atoms with Crippen LogP contribution in [0.5, 0.6) is 0 Å². The standard InChI is InChI=1S/C17H36O5Si2/c1-16(2,3)23(7,8)20-11-12-14(13(18)15(19)21-12)22-24(9,10)17(4,5)6/h12-14,18H,11H2,1-10H3/t12-,13-,14-/m1/s1. The SMILES string of the molecule is CC(C)(C)[Si](C)(C)OC[C@H]1OC(=O)[C@H](O)[C@@H]1O[Si](C)(C)C(C)(C)C. The van der Waals surface area contributed by atoms with Gasteiger partial charge in [-0.25, -0.2) is 4.79 Å². The summed E-state index contributed by atoms with van der Waals surface area (Å²) in [5, 5.41) is 10.3. The van der Waals surface area contributed by atoms with Crippen molar-refractivity contribution in [1.29, 1.82) is 0 Å². The fourth-order valence-electron chi connectivity index (χ4n) is 1.92. The lowest BCUT2D eigenvalue weighted by Gasteiger charge is -2.40. The Labute approximate surface area is 149 Å². The lowest BCUT2D eigenvalue weighted by molar-refractivity contribution is -0.148. The maximum atomic E-state index is 11.9. The molecule has 1 rings (SSSR count). The van der Waals surface area contributed by atoms with Gasteiger partial charge in [0, 0.05) is 0 Å². The molecule has 0 aromatic carbocycles. The lowest BCUT2D eigenvalue weighted by atomic mass is 10.1. The second-order valence-corrected chi connectivity index (χ2v) is 19.4. The summed E-state index contributed by atoms with van der Waals surface area (Å²) in [6, 6.07) is 0. The number of ether oxygens (including phenoxy) is 1. The maximum Gasteiger partial charge on any atom is 0.338 e. The summed E-state index contributed by atoms with van der Waals surface area (Å²) in [6.45, 7) is 21.7. The van der Waals surface area contributed by atoms with Crippen LogP contribution in [-0.2, 0) is 18.4 Å². The van der Waals surface area contributed by atoms with Crippen LogP contribution >= 0.6 is 0 Å². The predicted molar refractivity (Wildman–Crippen MR) is 101 cm³/mol. The maximum absolute atomic E-state index is 11.9. The summed E-state index contributed by atoms with van der Waals surface area (Å²) in [7, 11) is -4.09. The highest BCUT2D eigenvalue weighted by Gasteiger charge is 2.50. The molecule has 0 aromatic heterocycles. The highest BCUT2D eigenvalue weighted by atomic mass is 28.4. The molecular weight excluding hydrogens is 340 g/mol. The number of esters is 1. The van der Waals surface area contributed by atoms with Gasteiger partial charge in [-0.3, -0.25) is 0 Å². The van der Waals surface area contributed by atoms with Gasteiger partial charge in [-0.15, -0.1) is 0 Å². The molecule has 1 aliphatic rings. The van der Waals surface area contributed by atoms with E-state index in [0.29, 0.717) is 0 Å². The highest BCUT2D eigenvalue weighted by molar-refractivity contribution is 6.74. The molecule has 3 atom stereocenters. The Kier molecular flexibility index (Phi) is 6.21. The fraction of sp³-hybridized carbons (Fsp3) is 0.941. The molecule has 0 amide bonds. The van der Waals surface area contributed by atoms with Crippen molar-refractivity contribution in [2.45, 2.75) is 96.1 Å². The summed E-state index contributed by atoms with van der Waals surface area (Å²) >= 11 is 0. The summed E-state index contributed by atoms with van der Waals surface area (Å²) in [4.78, 5) is 11.9. The van der Waals surface area contributed by atoms with E-state index in [4.69, 9.17) is 13.6 Å². The molecule has 1 saturated heterocycles. The van der Waals surface area contributed by atoms with E-state index in [1.807, 2.05) is 0 Å². The van der Waals surface area contributed by atoms with Gasteiger partial charge in [0.05, 0.1) is 6.61 Å². The first-order valence-electron chi connectivity index (χ1n) is 8.70. The quantitative estimate of drug-likeness (QED) is 0.585. The Morgan fingerprint density at radius 2 is 1.46 bits per heavy atom. The number of hydrogen-bond acceptors (Lipinski definition) is 5. The monoisotopic (exact) mass is 376 g/mol. The number of carbonyl (C=O) groups is 1. The first-order chi connectivity index (χ1) is 10.5. The molecule has 0 bridgehead atoms. The topological polar surface area (TPSA) is 65.0 Å². The Hall–Kier alpha value is -0.216. The van der Waals surface area contributed by atoms with Crippen LogP contribution < -0.4 is 0 Å². The highest BCUT2D eigenvalue weighted by Crippen LogP contribution is 2.40. The number of rotatable bonds is 5. The van der Waals surface area contributed by atoms with E-state index in [9.17, 15) is 9.90 Å². The van der Waals surface area contributed by atoms with Gasteiger partial charge in [0.1, 0.15) is 6.10 Å². The van der Waals surface area contributed by atoms with Crippen molar-refractivity contribution < 1.29 is 23.5 Å². The van der Waals surface area contributed by atoms with Crippen LogP contribution in [0.4, 0.5) is 0 Å². The lowest BCUT2D eigenvalue weighted by Crippen LogP contribution is -2.51. The molecule has 24 heavy (non-hydrogen) atoms. The minimum atomic E-state index is -2.13. The molecule has 142 valence electrons. The minimum absolute atomic E-state index is 0.0107. The van der Waals surface area contributed by atoms with Crippen molar-refractivity contribution >= 4 is 22.6 Å². The molecule has 1 aliphatic heterocycles. The zero-order chi connectivity index (χ0) is 19.1. The van der Waals surface area contributed by atoms with Crippen molar-refractivity contribution in [2.24, 2.45) is 0 Å². The Balaban J connectivity index is 2.88. The van der Waals surface area contributed by atoms with E-state index in [-0.39, 0.29) is 16.7 Å². The zero-order valence-electron chi connectivity index (χ0n) is 17.0. The van der Waals surface area contributed by atoms with Crippen molar-refractivity contribution in [3.8, 4) is 0 Å². The van der Waals surface area contributed by atoms with Crippen LogP contribution in [0, 0.1) is 0 Å². The first kappa shape index (κ1) is 21.8. The Morgan fingerprint density at radius 3 is 1.88 bits per heavy atom. The molecule has 0 unspecified atom stereocenters. The van der Waals surface area contributed by atoms with Crippen LogP contribution in [0.15, 0.2) is 0 Å². The second-order valence-electron chi connectivity index (χ2n) is 9.83. The number of hydrogen-bond donors (Lipinski definition) is 1.